The van der Waals surface area contributed by atoms with Gasteiger partial charge in [-0.1, -0.05) is 6.42 Å². The standard InChI is InChI=1S/C17H26N4O3S.ClH/c18-9-12-2-1-3-14(12)17(22)19-16-8-15(11-4-5-11)20-21(16)13-6-7-25(23,24)10-13;/h8,11-14H,1-7,9-10,18H2,(H,19,22);1H/t12-,13?,14-;/m1./s1. The quantitative estimate of drug-likeness (QED) is 0.781. The van der Waals surface area contributed by atoms with Crippen molar-refractivity contribution >= 4 is 34.0 Å². The number of aromatic nitrogens is 2. The highest BCUT2D eigenvalue weighted by Crippen LogP contribution is 2.41. The predicted molar refractivity (Wildman–Crippen MR) is 102 cm³/mol. The Labute approximate surface area is 160 Å². The molecule has 0 spiro atoms. The van der Waals surface area contributed by atoms with E-state index in [4.69, 9.17) is 5.73 Å². The fourth-order valence-corrected chi connectivity index (χ4v) is 5.91. The Kier molecular flexibility index (Phi) is 5.65. The summed E-state index contributed by atoms with van der Waals surface area (Å²) in [5, 5.41) is 7.69. The summed E-state index contributed by atoms with van der Waals surface area (Å²) < 4.78 is 25.5. The third kappa shape index (κ3) is 3.92. The SMILES string of the molecule is Cl.NC[C@H]1CCC[C@H]1C(=O)Nc1cc(C2CC2)nn1C1CCS(=O)(=O)C1. The average molecular weight is 403 g/mol. The van der Waals surface area contributed by atoms with E-state index in [1.54, 1.807) is 4.68 Å². The molecule has 1 aromatic rings. The topological polar surface area (TPSA) is 107 Å². The number of carbonyl (C=O) groups excluding carboxylic acids is 1. The van der Waals surface area contributed by atoms with Gasteiger partial charge in [0.15, 0.2) is 9.84 Å². The van der Waals surface area contributed by atoms with Crippen LogP contribution in [0.25, 0.3) is 0 Å². The molecule has 1 saturated heterocycles. The molecule has 1 aromatic heterocycles. The summed E-state index contributed by atoms with van der Waals surface area (Å²) in [5.41, 5.74) is 6.78. The maximum atomic E-state index is 12.7. The molecule has 146 valence electrons. The number of halogens is 1. The molecule has 0 aromatic carbocycles. The fraction of sp³-hybridized carbons (Fsp3) is 0.765. The fourth-order valence-electron chi connectivity index (χ4n) is 4.21. The smallest absolute Gasteiger partial charge is 0.228 e. The van der Waals surface area contributed by atoms with E-state index in [0.717, 1.165) is 37.8 Å². The first-order chi connectivity index (χ1) is 12.0. The Hall–Kier alpha value is -1.12. The first-order valence-electron chi connectivity index (χ1n) is 9.27. The Morgan fingerprint density at radius 3 is 2.65 bits per heavy atom. The number of hydrogen-bond acceptors (Lipinski definition) is 5. The summed E-state index contributed by atoms with van der Waals surface area (Å²) in [6.07, 6.45) is 5.70. The van der Waals surface area contributed by atoms with Crippen LogP contribution in [-0.2, 0) is 14.6 Å². The molecule has 3 aliphatic rings. The van der Waals surface area contributed by atoms with Crippen LogP contribution in [-0.4, -0.2) is 42.2 Å². The number of amides is 1. The van der Waals surface area contributed by atoms with E-state index in [1.807, 2.05) is 6.07 Å². The van der Waals surface area contributed by atoms with Gasteiger partial charge in [0.25, 0.3) is 0 Å². The lowest BCUT2D eigenvalue weighted by atomic mass is 9.95. The molecule has 1 aliphatic heterocycles. The molecule has 0 radical (unpaired) electrons. The summed E-state index contributed by atoms with van der Waals surface area (Å²) in [5.74, 6) is 1.60. The lowest BCUT2D eigenvalue weighted by molar-refractivity contribution is -0.120. The molecule has 7 nitrogen and oxygen atoms in total. The first-order valence-corrected chi connectivity index (χ1v) is 11.1. The molecule has 4 rings (SSSR count). The van der Waals surface area contributed by atoms with E-state index in [0.29, 0.717) is 24.7 Å². The van der Waals surface area contributed by atoms with Gasteiger partial charge in [-0.3, -0.25) is 4.79 Å². The molecule has 9 heteroatoms. The van der Waals surface area contributed by atoms with E-state index in [2.05, 4.69) is 10.4 Å². The van der Waals surface area contributed by atoms with Crippen LogP contribution in [0.3, 0.4) is 0 Å². The van der Waals surface area contributed by atoms with Gasteiger partial charge in [0, 0.05) is 17.9 Å². The van der Waals surface area contributed by atoms with Gasteiger partial charge in [0.05, 0.1) is 23.2 Å². The van der Waals surface area contributed by atoms with Crippen LogP contribution < -0.4 is 11.1 Å². The Bertz CT molecular complexity index is 775. The number of anilines is 1. The van der Waals surface area contributed by atoms with Crippen LogP contribution in [0.2, 0.25) is 0 Å². The summed E-state index contributed by atoms with van der Waals surface area (Å²) in [6, 6.07) is 1.76. The second-order valence-electron chi connectivity index (χ2n) is 7.75. The summed E-state index contributed by atoms with van der Waals surface area (Å²) in [4.78, 5) is 12.7. The average Bonchev–Trinajstić information content (AvgIpc) is 3.01. The van der Waals surface area contributed by atoms with Gasteiger partial charge in [-0.25, -0.2) is 13.1 Å². The lowest BCUT2D eigenvalue weighted by Crippen LogP contribution is -2.31. The van der Waals surface area contributed by atoms with E-state index >= 15 is 0 Å². The minimum atomic E-state index is -3.00. The van der Waals surface area contributed by atoms with Crippen molar-refractivity contribution in [1.29, 1.82) is 0 Å². The Balaban J connectivity index is 0.00000196. The van der Waals surface area contributed by atoms with E-state index < -0.39 is 9.84 Å². The molecule has 3 N–H and O–H groups in total. The van der Waals surface area contributed by atoms with Crippen molar-refractivity contribution in [3.8, 4) is 0 Å². The van der Waals surface area contributed by atoms with Crippen molar-refractivity contribution in [2.45, 2.75) is 50.5 Å². The van der Waals surface area contributed by atoms with Gasteiger partial charge in [-0.15, -0.1) is 12.4 Å². The highest BCUT2D eigenvalue weighted by atomic mass is 35.5. The molecular weight excluding hydrogens is 376 g/mol. The summed E-state index contributed by atoms with van der Waals surface area (Å²) in [6.45, 7) is 0.533. The maximum absolute atomic E-state index is 12.7. The molecule has 2 heterocycles. The van der Waals surface area contributed by atoms with Gasteiger partial charge in [-0.05, 0) is 44.6 Å². The van der Waals surface area contributed by atoms with Crippen LogP contribution in [0.4, 0.5) is 5.82 Å². The molecule has 3 atom stereocenters. The number of rotatable bonds is 5. The van der Waals surface area contributed by atoms with Gasteiger partial charge in [0.1, 0.15) is 5.82 Å². The Morgan fingerprint density at radius 2 is 2.04 bits per heavy atom. The lowest BCUT2D eigenvalue weighted by Gasteiger charge is -2.19. The van der Waals surface area contributed by atoms with Crippen molar-refractivity contribution in [2.75, 3.05) is 23.4 Å². The van der Waals surface area contributed by atoms with Crippen molar-refractivity contribution in [1.82, 2.24) is 9.78 Å². The minimum Gasteiger partial charge on any atom is -0.330 e. The van der Waals surface area contributed by atoms with Crippen LogP contribution >= 0.6 is 12.4 Å². The molecule has 0 bridgehead atoms. The predicted octanol–water partition coefficient (Wildman–Crippen LogP) is 1.86. The summed E-state index contributed by atoms with van der Waals surface area (Å²) >= 11 is 0. The van der Waals surface area contributed by atoms with Gasteiger partial charge >= 0.3 is 0 Å². The van der Waals surface area contributed by atoms with E-state index in [1.165, 1.54) is 0 Å². The molecule has 3 fully saturated rings. The summed E-state index contributed by atoms with van der Waals surface area (Å²) in [7, 11) is -3.00. The molecule has 2 saturated carbocycles. The molecule has 1 amide bonds. The minimum absolute atomic E-state index is 0. The first kappa shape index (κ1) is 19.6. The zero-order valence-corrected chi connectivity index (χ0v) is 16.4. The van der Waals surface area contributed by atoms with Crippen LogP contribution in [0.15, 0.2) is 6.07 Å². The van der Waals surface area contributed by atoms with Crippen molar-refractivity contribution in [3.05, 3.63) is 11.8 Å². The third-order valence-corrected chi connectivity index (χ3v) is 7.60. The highest BCUT2D eigenvalue weighted by molar-refractivity contribution is 7.91. The zero-order valence-electron chi connectivity index (χ0n) is 14.8. The largest absolute Gasteiger partial charge is 0.330 e. The second-order valence-corrected chi connectivity index (χ2v) is 9.98. The van der Waals surface area contributed by atoms with Crippen LogP contribution in [0.5, 0.6) is 0 Å². The van der Waals surface area contributed by atoms with Crippen molar-refractivity contribution in [2.24, 2.45) is 17.6 Å². The second kappa shape index (κ2) is 7.48. The van der Waals surface area contributed by atoms with Crippen molar-refractivity contribution < 1.29 is 13.2 Å². The highest BCUT2D eigenvalue weighted by Gasteiger charge is 2.36. The number of nitrogens with zero attached hydrogens (tertiary/aromatic N) is 2. The number of carbonyl (C=O) groups is 1. The molecule has 1 unspecified atom stereocenters. The van der Waals surface area contributed by atoms with Crippen LogP contribution in [0.1, 0.15) is 56.2 Å². The van der Waals surface area contributed by atoms with E-state index in [-0.39, 0.29) is 47.7 Å². The van der Waals surface area contributed by atoms with Gasteiger partial charge in [-0.2, -0.15) is 5.10 Å². The number of sulfone groups is 1. The maximum Gasteiger partial charge on any atom is 0.228 e. The van der Waals surface area contributed by atoms with Gasteiger partial charge in [0.2, 0.25) is 5.91 Å². The molecule has 26 heavy (non-hydrogen) atoms. The molecular formula is C17H27ClN4O3S. The molecule has 2 aliphatic carbocycles. The van der Waals surface area contributed by atoms with Gasteiger partial charge < -0.3 is 11.1 Å². The number of nitrogens with two attached hydrogens (primary N) is 1. The van der Waals surface area contributed by atoms with Crippen molar-refractivity contribution in [3.63, 3.8) is 0 Å². The monoisotopic (exact) mass is 402 g/mol. The third-order valence-electron chi connectivity index (χ3n) is 5.85. The van der Waals surface area contributed by atoms with E-state index in [9.17, 15) is 13.2 Å². The number of nitrogens with one attached hydrogen (secondary N) is 1. The Morgan fingerprint density at radius 1 is 1.27 bits per heavy atom. The number of hydrogen-bond donors (Lipinski definition) is 2. The van der Waals surface area contributed by atoms with Crippen LogP contribution in [0, 0.1) is 11.8 Å². The zero-order chi connectivity index (χ0) is 17.6. The normalized spacial score (nSPS) is 30.1.